The minimum Gasteiger partial charge on any atom is -0.497 e. The van der Waals surface area contributed by atoms with Gasteiger partial charge in [-0.2, -0.15) is 0 Å². The van der Waals surface area contributed by atoms with Gasteiger partial charge in [-0.25, -0.2) is 0 Å². The molecule has 0 spiro atoms. The number of hydrogen-bond donors (Lipinski definition) is 0. The lowest BCUT2D eigenvalue weighted by Crippen LogP contribution is -2.27. The van der Waals surface area contributed by atoms with Crippen LogP contribution in [0.2, 0.25) is 0 Å². The number of amides is 1. The monoisotopic (exact) mass is 371 g/mol. The van der Waals surface area contributed by atoms with Crippen molar-refractivity contribution in [3.8, 4) is 11.5 Å². The Balaban J connectivity index is 1.88. The molecular formula is C19H17NO3S2. The smallest absolute Gasteiger partial charge is 0.266 e. The first-order valence-corrected chi connectivity index (χ1v) is 8.86. The molecule has 1 amide bonds. The van der Waals surface area contributed by atoms with E-state index in [-0.39, 0.29) is 5.91 Å². The molecule has 0 N–H and O–H groups in total. The van der Waals surface area contributed by atoms with Gasteiger partial charge >= 0.3 is 0 Å². The Morgan fingerprint density at radius 1 is 1.12 bits per heavy atom. The maximum absolute atomic E-state index is 12.8. The summed E-state index contributed by atoms with van der Waals surface area (Å²) in [5.41, 5.74) is 1.82. The van der Waals surface area contributed by atoms with Gasteiger partial charge in [0.15, 0.2) is 0 Å². The van der Waals surface area contributed by atoms with Crippen LogP contribution in [0.3, 0.4) is 0 Å². The van der Waals surface area contributed by atoms with Gasteiger partial charge < -0.3 is 9.47 Å². The highest BCUT2D eigenvalue weighted by atomic mass is 32.2. The first-order chi connectivity index (χ1) is 12.1. The van der Waals surface area contributed by atoms with Crippen LogP contribution in [0, 0.1) is 0 Å². The molecular weight excluding hydrogens is 354 g/mol. The Hall–Kier alpha value is -2.31. The van der Waals surface area contributed by atoms with Crippen LogP contribution in [0.4, 0.5) is 0 Å². The minimum absolute atomic E-state index is 0.0938. The zero-order valence-electron chi connectivity index (χ0n) is 13.9. The van der Waals surface area contributed by atoms with Gasteiger partial charge in [-0.05, 0) is 29.8 Å². The third kappa shape index (κ3) is 3.86. The zero-order chi connectivity index (χ0) is 17.8. The van der Waals surface area contributed by atoms with Crippen molar-refractivity contribution >= 4 is 40.3 Å². The summed E-state index contributed by atoms with van der Waals surface area (Å²) < 4.78 is 11.2. The number of thiocarbonyl (C=S) groups is 1. The second-order valence-corrected chi connectivity index (χ2v) is 7.04. The highest BCUT2D eigenvalue weighted by Gasteiger charge is 2.32. The Labute approximate surface area is 156 Å². The molecule has 6 heteroatoms. The predicted molar refractivity (Wildman–Crippen MR) is 105 cm³/mol. The van der Waals surface area contributed by atoms with Crippen molar-refractivity contribution in [2.45, 2.75) is 6.54 Å². The lowest BCUT2D eigenvalue weighted by atomic mass is 10.1. The van der Waals surface area contributed by atoms with E-state index < -0.39 is 0 Å². The molecule has 0 unspecified atom stereocenters. The van der Waals surface area contributed by atoms with Crippen molar-refractivity contribution in [2.24, 2.45) is 0 Å². The Morgan fingerprint density at radius 3 is 2.56 bits per heavy atom. The van der Waals surface area contributed by atoms with E-state index in [0.717, 1.165) is 11.1 Å². The molecule has 1 aliphatic rings. The van der Waals surface area contributed by atoms with Gasteiger partial charge in [-0.15, -0.1) is 0 Å². The molecule has 1 fully saturated rings. The topological polar surface area (TPSA) is 38.8 Å². The summed E-state index contributed by atoms with van der Waals surface area (Å²) in [6, 6.07) is 15.3. The number of methoxy groups -OCH3 is 2. The summed E-state index contributed by atoms with van der Waals surface area (Å²) in [5, 5.41) is 0. The summed E-state index contributed by atoms with van der Waals surface area (Å²) in [4.78, 5) is 15.0. The Kier molecular flexibility index (Phi) is 5.40. The average molecular weight is 371 g/mol. The van der Waals surface area contributed by atoms with E-state index in [2.05, 4.69) is 0 Å². The molecule has 0 aromatic heterocycles. The number of thioether (sulfide) groups is 1. The van der Waals surface area contributed by atoms with Gasteiger partial charge in [0.25, 0.3) is 5.91 Å². The summed E-state index contributed by atoms with van der Waals surface area (Å²) in [7, 11) is 3.20. The molecule has 2 aromatic carbocycles. The fourth-order valence-corrected chi connectivity index (χ4v) is 3.74. The van der Waals surface area contributed by atoms with Crippen molar-refractivity contribution in [2.75, 3.05) is 14.2 Å². The van der Waals surface area contributed by atoms with Crippen LogP contribution in [0.5, 0.6) is 11.5 Å². The normalized spacial score (nSPS) is 15.8. The maximum Gasteiger partial charge on any atom is 0.266 e. The fraction of sp³-hybridized carbons (Fsp3) is 0.158. The largest absolute Gasteiger partial charge is 0.497 e. The summed E-state index contributed by atoms with van der Waals surface area (Å²) >= 11 is 6.69. The number of benzene rings is 2. The van der Waals surface area contributed by atoms with Crippen LogP contribution >= 0.6 is 24.0 Å². The lowest BCUT2D eigenvalue weighted by molar-refractivity contribution is -0.122. The third-order valence-electron chi connectivity index (χ3n) is 3.78. The zero-order valence-corrected chi connectivity index (χ0v) is 15.5. The second kappa shape index (κ2) is 7.72. The molecule has 128 valence electrons. The number of hydrogen-bond acceptors (Lipinski definition) is 5. The van der Waals surface area contributed by atoms with Crippen LogP contribution in [-0.4, -0.2) is 29.3 Å². The molecule has 0 radical (unpaired) electrons. The number of carbonyl (C=O) groups is 1. The molecule has 0 atom stereocenters. The van der Waals surface area contributed by atoms with Gasteiger partial charge in [-0.1, -0.05) is 54.3 Å². The molecule has 0 aliphatic carbocycles. The van der Waals surface area contributed by atoms with Crippen molar-refractivity contribution in [1.29, 1.82) is 0 Å². The van der Waals surface area contributed by atoms with Crippen molar-refractivity contribution in [1.82, 2.24) is 4.90 Å². The maximum atomic E-state index is 12.8. The lowest BCUT2D eigenvalue weighted by Gasteiger charge is -2.14. The van der Waals surface area contributed by atoms with Crippen molar-refractivity contribution in [3.63, 3.8) is 0 Å². The predicted octanol–water partition coefficient (Wildman–Crippen LogP) is 4.11. The molecule has 3 rings (SSSR count). The number of ether oxygens (including phenoxy) is 2. The van der Waals surface area contributed by atoms with E-state index in [1.54, 1.807) is 25.2 Å². The van der Waals surface area contributed by atoms with Crippen LogP contribution in [0.25, 0.3) is 6.08 Å². The number of rotatable bonds is 5. The molecule has 1 heterocycles. The SMILES string of the molecule is COc1ccc(OC)c(C=C2SC(=S)N(Cc3ccccc3)C2=O)c1. The summed E-state index contributed by atoms with van der Waals surface area (Å²) in [6.07, 6.45) is 1.80. The highest BCUT2D eigenvalue weighted by Crippen LogP contribution is 2.36. The average Bonchev–Trinajstić information content (AvgIpc) is 2.90. The van der Waals surface area contributed by atoms with Crippen LogP contribution in [0.15, 0.2) is 53.4 Å². The molecule has 1 aliphatic heterocycles. The first-order valence-electron chi connectivity index (χ1n) is 7.63. The van der Waals surface area contributed by atoms with Gasteiger partial charge in [0.2, 0.25) is 0 Å². The quantitative estimate of drug-likeness (QED) is 0.584. The van der Waals surface area contributed by atoms with Crippen LogP contribution < -0.4 is 9.47 Å². The van der Waals surface area contributed by atoms with E-state index >= 15 is 0 Å². The minimum atomic E-state index is -0.0938. The fourth-order valence-electron chi connectivity index (χ4n) is 2.50. The van der Waals surface area contributed by atoms with Crippen LogP contribution in [0.1, 0.15) is 11.1 Å². The van der Waals surface area contributed by atoms with E-state index in [1.165, 1.54) is 11.8 Å². The van der Waals surface area contributed by atoms with Crippen molar-refractivity contribution < 1.29 is 14.3 Å². The second-order valence-electron chi connectivity index (χ2n) is 5.36. The van der Waals surface area contributed by atoms with E-state index in [0.29, 0.717) is 27.3 Å². The number of carbonyl (C=O) groups excluding carboxylic acids is 1. The van der Waals surface area contributed by atoms with E-state index in [4.69, 9.17) is 21.7 Å². The van der Waals surface area contributed by atoms with Crippen LogP contribution in [-0.2, 0) is 11.3 Å². The van der Waals surface area contributed by atoms with Crippen molar-refractivity contribution in [3.05, 3.63) is 64.6 Å². The standard InChI is InChI=1S/C19H17NO3S2/c1-22-15-8-9-16(23-2)14(10-15)11-17-18(21)20(19(24)25-17)12-13-6-4-3-5-7-13/h3-11H,12H2,1-2H3. The molecule has 0 bridgehead atoms. The Morgan fingerprint density at radius 2 is 1.88 bits per heavy atom. The molecule has 4 nitrogen and oxygen atoms in total. The summed E-state index contributed by atoms with van der Waals surface area (Å²) in [5.74, 6) is 1.28. The van der Waals surface area contributed by atoms with E-state index in [1.807, 2.05) is 48.5 Å². The van der Waals surface area contributed by atoms with E-state index in [9.17, 15) is 4.79 Å². The van der Waals surface area contributed by atoms with Gasteiger partial charge in [-0.3, -0.25) is 9.69 Å². The first kappa shape index (κ1) is 17.5. The van der Waals surface area contributed by atoms with Gasteiger partial charge in [0.1, 0.15) is 15.8 Å². The van der Waals surface area contributed by atoms with Gasteiger partial charge in [0.05, 0.1) is 25.7 Å². The molecule has 0 saturated carbocycles. The van der Waals surface area contributed by atoms with Gasteiger partial charge in [0, 0.05) is 5.56 Å². The molecule has 25 heavy (non-hydrogen) atoms. The molecule has 1 saturated heterocycles. The Bertz CT molecular complexity index is 834. The highest BCUT2D eigenvalue weighted by molar-refractivity contribution is 8.26. The number of nitrogens with zero attached hydrogens (tertiary/aromatic N) is 1. The molecule has 2 aromatic rings. The third-order valence-corrected chi connectivity index (χ3v) is 5.16. The summed E-state index contributed by atoms with van der Waals surface area (Å²) in [6.45, 7) is 0.470.